The van der Waals surface area contributed by atoms with Crippen molar-refractivity contribution < 1.29 is 39.7 Å². The van der Waals surface area contributed by atoms with Crippen LogP contribution >= 0.6 is 0 Å². The minimum Gasteiger partial charge on any atom is -0.496 e. The molecule has 0 radical (unpaired) electrons. The SMILES string of the molecule is COc1cc(O[C@@H]2O[C@H](CO)[C@@H](O)[C@H](O)[C@H]2O)ccc1/C=C/CO. The number of hydrogen-bond donors (Lipinski definition) is 5. The van der Waals surface area contributed by atoms with E-state index in [2.05, 4.69) is 0 Å². The lowest BCUT2D eigenvalue weighted by molar-refractivity contribution is -0.277. The number of aliphatic hydroxyl groups excluding tert-OH is 5. The predicted molar refractivity (Wildman–Crippen MR) is 83.5 cm³/mol. The predicted octanol–water partition coefficient (Wildman–Crippen LogP) is -1.12. The van der Waals surface area contributed by atoms with E-state index < -0.39 is 37.3 Å². The summed E-state index contributed by atoms with van der Waals surface area (Å²) in [4.78, 5) is 0. The summed E-state index contributed by atoms with van der Waals surface area (Å²) in [6.07, 6.45) is -3.50. The molecule has 24 heavy (non-hydrogen) atoms. The molecule has 0 unspecified atom stereocenters. The second-order valence-corrected chi connectivity index (χ2v) is 5.30. The minimum absolute atomic E-state index is 0.105. The van der Waals surface area contributed by atoms with Crippen molar-refractivity contribution in [1.29, 1.82) is 0 Å². The normalized spacial score (nSPS) is 30.5. The second-order valence-electron chi connectivity index (χ2n) is 5.30. The zero-order chi connectivity index (χ0) is 17.7. The second kappa shape index (κ2) is 8.43. The molecule has 8 nitrogen and oxygen atoms in total. The van der Waals surface area contributed by atoms with Gasteiger partial charge in [-0.1, -0.05) is 12.2 Å². The van der Waals surface area contributed by atoms with Gasteiger partial charge in [-0.05, 0) is 12.1 Å². The molecule has 1 saturated heterocycles. The third kappa shape index (κ3) is 4.04. The highest BCUT2D eigenvalue weighted by atomic mass is 16.7. The Kier molecular flexibility index (Phi) is 6.55. The lowest BCUT2D eigenvalue weighted by atomic mass is 9.99. The van der Waals surface area contributed by atoms with E-state index >= 15 is 0 Å². The molecular weight excluding hydrogens is 320 g/mol. The molecule has 0 aliphatic carbocycles. The van der Waals surface area contributed by atoms with Crippen LogP contribution in [0.4, 0.5) is 0 Å². The monoisotopic (exact) mass is 342 g/mol. The summed E-state index contributed by atoms with van der Waals surface area (Å²) in [5.41, 5.74) is 0.715. The van der Waals surface area contributed by atoms with Crippen LogP contribution in [-0.2, 0) is 4.74 Å². The fourth-order valence-corrected chi connectivity index (χ4v) is 2.38. The number of methoxy groups -OCH3 is 1. The molecule has 1 fully saturated rings. The summed E-state index contributed by atoms with van der Waals surface area (Å²) in [6, 6.07) is 4.84. The van der Waals surface area contributed by atoms with Gasteiger partial charge < -0.3 is 39.7 Å². The van der Waals surface area contributed by atoms with E-state index in [9.17, 15) is 15.3 Å². The standard InChI is InChI=1S/C16H22O8/c1-22-11-7-10(5-4-9(11)3-2-6-17)23-16-15(21)14(20)13(19)12(8-18)24-16/h2-5,7,12-21H,6,8H2,1H3/b3-2+/t12-,13-,14+,15-,16-/m1/s1. The number of rotatable bonds is 6. The Morgan fingerprint density at radius 3 is 2.50 bits per heavy atom. The van der Waals surface area contributed by atoms with Gasteiger partial charge in [0.05, 0.1) is 20.3 Å². The Bertz CT molecular complexity index is 559. The van der Waals surface area contributed by atoms with Crippen LogP contribution < -0.4 is 9.47 Å². The smallest absolute Gasteiger partial charge is 0.229 e. The van der Waals surface area contributed by atoms with Crippen LogP contribution in [0.2, 0.25) is 0 Å². The molecule has 0 bridgehead atoms. The average molecular weight is 342 g/mol. The van der Waals surface area contributed by atoms with Crippen LogP contribution in [0.5, 0.6) is 11.5 Å². The van der Waals surface area contributed by atoms with Crippen LogP contribution in [0.15, 0.2) is 24.3 Å². The maximum absolute atomic E-state index is 9.97. The molecule has 2 rings (SSSR count). The van der Waals surface area contributed by atoms with E-state index in [1.54, 1.807) is 30.4 Å². The zero-order valence-electron chi connectivity index (χ0n) is 13.1. The van der Waals surface area contributed by atoms with Crippen molar-refractivity contribution in [3.05, 3.63) is 29.8 Å². The highest BCUT2D eigenvalue weighted by Gasteiger charge is 2.44. The molecule has 0 spiro atoms. The topological polar surface area (TPSA) is 129 Å². The van der Waals surface area contributed by atoms with Crippen molar-refractivity contribution in [3.8, 4) is 11.5 Å². The molecule has 1 aliphatic rings. The number of ether oxygens (including phenoxy) is 3. The fourth-order valence-electron chi connectivity index (χ4n) is 2.38. The highest BCUT2D eigenvalue weighted by molar-refractivity contribution is 5.59. The van der Waals surface area contributed by atoms with Gasteiger partial charge in [0, 0.05) is 11.6 Å². The van der Waals surface area contributed by atoms with E-state index in [1.165, 1.54) is 7.11 Å². The maximum atomic E-state index is 9.97. The number of hydrogen-bond acceptors (Lipinski definition) is 8. The van der Waals surface area contributed by atoms with Crippen molar-refractivity contribution in [2.45, 2.75) is 30.7 Å². The lowest BCUT2D eigenvalue weighted by Crippen LogP contribution is -2.60. The van der Waals surface area contributed by atoms with Gasteiger partial charge in [0.2, 0.25) is 6.29 Å². The Morgan fingerprint density at radius 2 is 1.88 bits per heavy atom. The van der Waals surface area contributed by atoms with Crippen LogP contribution in [0, 0.1) is 0 Å². The first-order valence-electron chi connectivity index (χ1n) is 7.44. The number of aliphatic hydroxyl groups is 5. The summed E-state index contributed by atoms with van der Waals surface area (Å²) < 4.78 is 16.0. The third-order valence-corrected chi connectivity index (χ3v) is 3.71. The molecule has 5 N–H and O–H groups in total. The van der Waals surface area contributed by atoms with Crippen molar-refractivity contribution in [3.63, 3.8) is 0 Å². The summed E-state index contributed by atoms with van der Waals surface area (Å²) in [5, 5.41) is 47.5. The molecule has 8 heteroatoms. The molecular formula is C16H22O8. The average Bonchev–Trinajstić information content (AvgIpc) is 2.60. The molecule has 0 amide bonds. The van der Waals surface area contributed by atoms with Crippen molar-refractivity contribution in [2.24, 2.45) is 0 Å². The van der Waals surface area contributed by atoms with Crippen LogP contribution in [0.25, 0.3) is 6.08 Å². The van der Waals surface area contributed by atoms with E-state index in [1.807, 2.05) is 0 Å². The first-order chi connectivity index (χ1) is 11.5. The van der Waals surface area contributed by atoms with Crippen LogP contribution in [0.1, 0.15) is 5.56 Å². The van der Waals surface area contributed by atoms with Gasteiger partial charge in [0.15, 0.2) is 0 Å². The van der Waals surface area contributed by atoms with Crippen molar-refractivity contribution >= 4 is 6.08 Å². The molecule has 1 heterocycles. The molecule has 5 atom stereocenters. The van der Waals surface area contributed by atoms with Gasteiger partial charge in [-0.25, -0.2) is 0 Å². The van der Waals surface area contributed by atoms with Gasteiger partial charge in [-0.2, -0.15) is 0 Å². The molecule has 0 saturated carbocycles. The Balaban J connectivity index is 2.16. The summed E-state index contributed by atoms with van der Waals surface area (Å²) in [6.45, 7) is -0.634. The van der Waals surface area contributed by atoms with Crippen LogP contribution in [-0.4, -0.2) is 76.6 Å². The maximum Gasteiger partial charge on any atom is 0.229 e. The molecule has 134 valence electrons. The van der Waals surface area contributed by atoms with E-state index in [0.717, 1.165) is 0 Å². The first kappa shape index (κ1) is 18.7. The van der Waals surface area contributed by atoms with Gasteiger partial charge >= 0.3 is 0 Å². The van der Waals surface area contributed by atoms with E-state index in [4.69, 9.17) is 24.4 Å². The van der Waals surface area contributed by atoms with Gasteiger partial charge in [-0.15, -0.1) is 0 Å². The largest absolute Gasteiger partial charge is 0.496 e. The van der Waals surface area contributed by atoms with E-state index in [-0.39, 0.29) is 6.61 Å². The lowest BCUT2D eigenvalue weighted by Gasteiger charge is -2.39. The summed E-state index contributed by atoms with van der Waals surface area (Å²) >= 11 is 0. The van der Waals surface area contributed by atoms with Gasteiger partial charge in [0.1, 0.15) is 35.9 Å². The highest BCUT2D eigenvalue weighted by Crippen LogP contribution is 2.29. The minimum atomic E-state index is -1.51. The molecule has 0 aromatic heterocycles. The Labute approximate surface area is 139 Å². The van der Waals surface area contributed by atoms with E-state index in [0.29, 0.717) is 17.1 Å². The Hall–Kier alpha value is -1.68. The van der Waals surface area contributed by atoms with Crippen molar-refractivity contribution in [1.82, 2.24) is 0 Å². The quantitative estimate of drug-likeness (QED) is 0.440. The summed E-state index contributed by atoms with van der Waals surface area (Å²) in [5.74, 6) is 0.777. The van der Waals surface area contributed by atoms with Crippen LogP contribution in [0.3, 0.4) is 0 Å². The molecule has 1 aromatic carbocycles. The number of benzene rings is 1. The third-order valence-electron chi connectivity index (χ3n) is 3.71. The fraction of sp³-hybridized carbons (Fsp3) is 0.500. The van der Waals surface area contributed by atoms with Gasteiger partial charge in [0.25, 0.3) is 0 Å². The zero-order valence-corrected chi connectivity index (χ0v) is 13.1. The van der Waals surface area contributed by atoms with Gasteiger partial charge in [-0.3, -0.25) is 0 Å². The summed E-state index contributed by atoms with van der Waals surface area (Å²) in [7, 11) is 1.48. The Morgan fingerprint density at radius 1 is 1.12 bits per heavy atom. The van der Waals surface area contributed by atoms with Crippen molar-refractivity contribution in [2.75, 3.05) is 20.3 Å². The molecule has 1 aromatic rings. The molecule has 1 aliphatic heterocycles. The first-order valence-corrected chi connectivity index (χ1v) is 7.44.